The second-order valence-electron chi connectivity index (χ2n) is 26.2. The van der Waals surface area contributed by atoms with Gasteiger partial charge in [0.25, 0.3) is 0 Å². The van der Waals surface area contributed by atoms with Gasteiger partial charge in [0.05, 0.1) is 26.4 Å². The summed E-state index contributed by atoms with van der Waals surface area (Å²) in [6.07, 6.45) is 47.4. The SMILES string of the molecule is CCCCCCCCCCCCCCCCCCCCCC(=O)O[C@H](COC(=O)CCCCCCCCCCC(C)C)COP(=O)(O)OC[C@@H](O)COP(=O)(O)OC[C@@H](COC(=O)CCCCCCCCCC)OC(=O)CCCCCCCCCCC(C)C. The molecular weight excluding hydrogens is 1170 g/mol. The summed E-state index contributed by atoms with van der Waals surface area (Å²) in [5.74, 6) is -0.685. The van der Waals surface area contributed by atoms with Crippen molar-refractivity contribution in [3.63, 3.8) is 0 Å². The minimum atomic E-state index is -4.95. The van der Waals surface area contributed by atoms with E-state index < -0.39 is 97.5 Å². The molecule has 528 valence electrons. The van der Waals surface area contributed by atoms with Crippen molar-refractivity contribution in [1.82, 2.24) is 0 Å². The van der Waals surface area contributed by atoms with Gasteiger partial charge in [-0.3, -0.25) is 37.3 Å². The molecule has 2 unspecified atom stereocenters. The van der Waals surface area contributed by atoms with Crippen molar-refractivity contribution in [3.8, 4) is 0 Å². The van der Waals surface area contributed by atoms with Gasteiger partial charge in [-0.05, 0) is 37.5 Å². The molecule has 0 aliphatic carbocycles. The molecule has 0 aromatic heterocycles. The molecule has 0 saturated carbocycles. The highest BCUT2D eigenvalue weighted by atomic mass is 31.2. The van der Waals surface area contributed by atoms with Crippen LogP contribution in [0, 0.1) is 11.8 Å². The van der Waals surface area contributed by atoms with Crippen LogP contribution in [0.3, 0.4) is 0 Å². The van der Waals surface area contributed by atoms with Gasteiger partial charge in [-0.15, -0.1) is 0 Å². The van der Waals surface area contributed by atoms with Crippen molar-refractivity contribution in [1.29, 1.82) is 0 Å². The van der Waals surface area contributed by atoms with Crippen LogP contribution in [-0.2, 0) is 65.4 Å². The molecule has 0 aromatic carbocycles. The van der Waals surface area contributed by atoms with Gasteiger partial charge in [0.1, 0.15) is 19.3 Å². The lowest BCUT2D eigenvalue weighted by Gasteiger charge is -2.21. The van der Waals surface area contributed by atoms with Crippen LogP contribution in [0.25, 0.3) is 0 Å². The van der Waals surface area contributed by atoms with Crippen molar-refractivity contribution >= 4 is 39.5 Å². The van der Waals surface area contributed by atoms with Crippen molar-refractivity contribution < 1.29 is 80.2 Å². The maximum atomic E-state index is 13.0. The quantitative estimate of drug-likeness (QED) is 0.0222. The van der Waals surface area contributed by atoms with Gasteiger partial charge in [0, 0.05) is 25.7 Å². The highest BCUT2D eigenvalue weighted by Crippen LogP contribution is 2.45. The fourth-order valence-corrected chi connectivity index (χ4v) is 12.2. The number of aliphatic hydroxyl groups is 1. The number of carbonyl (C=O) groups is 4. The Hall–Kier alpha value is -1.94. The van der Waals surface area contributed by atoms with Gasteiger partial charge in [-0.25, -0.2) is 9.13 Å². The van der Waals surface area contributed by atoms with Crippen LogP contribution in [0.15, 0.2) is 0 Å². The molecule has 0 aromatic rings. The Balaban J connectivity index is 5.18. The van der Waals surface area contributed by atoms with Crippen LogP contribution < -0.4 is 0 Å². The number of phosphoric acid groups is 2. The van der Waals surface area contributed by atoms with Gasteiger partial charge in [-0.1, -0.05) is 305 Å². The van der Waals surface area contributed by atoms with Gasteiger partial charge in [0.15, 0.2) is 12.2 Å². The number of unbranched alkanes of at least 4 members (excludes halogenated alkanes) is 39. The molecule has 0 bridgehead atoms. The molecule has 0 aliphatic rings. The van der Waals surface area contributed by atoms with Crippen molar-refractivity contribution in [2.24, 2.45) is 11.8 Å². The Kier molecular flexibility index (Phi) is 60.8. The fourth-order valence-electron chi connectivity index (χ4n) is 10.6. The number of ether oxygens (including phenoxy) is 4. The third-order valence-electron chi connectivity index (χ3n) is 16.2. The minimum absolute atomic E-state index is 0.104. The summed E-state index contributed by atoms with van der Waals surface area (Å²) in [6, 6.07) is 0. The molecule has 89 heavy (non-hydrogen) atoms. The number of esters is 4. The first-order valence-corrected chi connectivity index (χ1v) is 39.5. The predicted molar refractivity (Wildman–Crippen MR) is 358 cm³/mol. The van der Waals surface area contributed by atoms with Crippen LogP contribution in [-0.4, -0.2) is 96.7 Å². The van der Waals surface area contributed by atoms with E-state index in [9.17, 15) is 43.2 Å². The highest BCUT2D eigenvalue weighted by molar-refractivity contribution is 7.47. The second kappa shape index (κ2) is 62.2. The maximum Gasteiger partial charge on any atom is 0.472 e. The summed E-state index contributed by atoms with van der Waals surface area (Å²) in [7, 11) is -9.90. The van der Waals surface area contributed by atoms with Gasteiger partial charge in [0.2, 0.25) is 0 Å². The first-order valence-electron chi connectivity index (χ1n) is 36.5. The van der Waals surface area contributed by atoms with E-state index in [2.05, 4.69) is 41.5 Å². The normalized spacial score (nSPS) is 14.1. The average Bonchev–Trinajstić information content (AvgIpc) is 3.70. The summed E-state index contributed by atoms with van der Waals surface area (Å²) < 4.78 is 68.2. The zero-order valence-corrected chi connectivity index (χ0v) is 59.5. The van der Waals surface area contributed by atoms with E-state index in [0.717, 1.165) is 108 Å². The number of carbonyl (C=O) groups excluding carboxylic acids is 4. The third-order valence-corrected chi connectivity index (χ3v) is 18.1. The molecule has 0 fully saturated rings. The van der Waals surface area contributed by atoms with Crippen LogP contribution >= 0.6 is 15.6 Å². The summed E-state index contributed by atoms with van der Waals surface area (Å²) in [6.45, 7) is 9.44. The molecule has 0 rings (SSSR count). The van der Waals surface area contributed by atoms with E-state index in [4.69, 9.17) is 37.0 Å². The zero-order valence-electron chi connectivity index (χ0n) is 57.7. The topological polar surface area (TPSA) is 237 Å². The Bertz CT molecular complexity index is 1730. The smallest absolute Gasteiger partial charge is 0.462 e. The molecule has 0 heterocycles. The van der Waals surface area contributed by atoms with E-state index >= 15 is 0 Å². The highest BCUT2D eigenvalue weighted by Gasteiger charge is 2.30. The lowest BCUT2D eigenvalue weighted by atomic mass is 10.0. The van der Waals surface area contributed by atoms with E-state index in [1.54, 1.807) is 0 Å². The molecule has 0 radical (unpaired) electrons. The number of phosphoric ester groups is 2. The molecule has 19 heteroatoms. The number of rotatable bonds is 69. The number of hydrogen-bond donors (Lipinski definition) is 3. The van der Waals surface area contributed by atoms with Crippen molar-refractivity contribution in [3.05, 3.63) is 0 Å². The molecule has 0 spiro atoms. The molecule has 0 amide bonds. The summed E-state index contributed by atoms with van der Waals surface area (Å²) in [5.41, 5.74) is 0. The number of hydrogen-bond acceptors (Lipinski definition) is 15. The minimum Gasteiger partial charge on any atom is -0.462 e. The average molecular weight is 1310 g/mol. The molecule has 5 atom stereocenters. The molecule has 0 saturated heterocycles. The summed E-state index contributed by atoms with van der Waals surface area (Å²) >= 11 is 0. The Morgan fingerprint density at radius 2 is 0.517 bits per heavy atom. The summed E-state index contributed by atoms with van der Waals surface area (Å²) in [5, 5.41) is 10.6. The van der Waals surface area contributed by atoms with Gasteiger partial charge >= 0.3 is 39.5 Å². The Labute approximate surface area is 543 Å². The van der Waals surface area contributed by atoms with Crippen LogP contribution in [0.5, 0.6) is 0 Å². The van der Waals surface area contributed by atoms with E-state index in [1.165, 1.54) is 167 Å². The zero-order chi connectivity index (χ0) is 65.7. The second-order valence-corrected chi connectivity index (χ2v) is 29.1. The van der Waals surface area contributed by atoms with E-state index in [0.29, 0.717) is 25.7 Å². The largest absolute Gasteiger partial charge is 0.472 e. The maximum absolute atomic E-state index is 13.0. The summed E-state index contributed by atoms with van der Waals surface area (Å²) in [4.78, 5) is 72.4. The van der Waals surface area contributed by atoms with Crippen molar-refractivity contribution in [2.45, 2.75) is 374 Å². The van der Waals surface area contributed by atoms with E-state index in [-0.39, 0.29) is 25.7 Å². The first-order chi connectivity index (χ1) is 42.9. The third kappa shape index (κ3) is 64.6. The van der Waals surface area contributed by atoms with Crippen LogP contribution in [0.2, 0.25) is 0 Å². The van der Waals surface area contributed by atoms with E-state index in [1.807, 2.05) is 0 Å². The van der Waals surface area contributed by atoms with Crippen LogP contribution in [0.1, 0.15) is 356 Å². The van der Waals surface area contributed by atoms with Crippen LogP contribution in [0.4, 0.5) is 0 Å². The standard InChI is InChI=1S/C70H136O17P2/c1-7-9-11-13-15-17-18-19-20-21-22-23-24-25-26-27-36-42-48-54-69(74)86-66(59-81-68(73)53-47-41-35-30-28-32-38-44-50-62(3)4)61-85-89(78,79)83-57-64(71)56-82-88(76,77)84-60-65(58-80-67(72)52-46-40-34-16-14-12-10-8-2)87-70(75)55-49-43-37-31-29-33-39-45-51-63(5)6/h62-66,71H,7-61H2,1-6H3,(H,76,77)(H,78,79)/t64-,65+,66+/m0/s1. The first kappa shape index (κ1) is 87.1. The lowest BCUT2D eigenvalue weighted by molar-refractivity contribution is -0.161. The molecule has 3 N–H and O–H groups in total. The predicted octanol–water partition coefficient (Wildman–Crippen LogP) is 20.0. The monoisotopic (exact) mass is 1310 g/mol. The molecular formula is C70H136O17P2. The van der Waals surface area contributed by atoms with Gasteiger partial charge in [-0.2, -0.15) is 0 Å². The number of aliphatic hydroxyl groups excluding tert-OH is 1. The fraction of sp³-hybridized carbons (Fsp3) is 0.943. The van der Waals surface area contributed by atoms with Gasteiger partial charge < -0.3 is 33.8 Å². The Morgan fingerprint density at radius 1 is 0.303 bits per heavy atom. The lowest BCUT2D eigenvalue weighted by Crippen LogP contribution is -2.30. The molecule has 0 aliphatic heterocycles. The Morgan fingerprint density at radius 3 is 0.764 bits per heavy atom. The molecule has 17 nitrogen and oxygen atoms in total. The van der Waals surface area contributed by atoms with Crippen molar-refractivity contribution in [2.75, 3.05) is 39.6 Å².